The van der Waals surface area contributed by atoms with Gasteiger partial charge in [0.1, 0.15) is 12.1 Å². The van der Waals surface area contributed by atoms with Crippen LogP contribution >= 0.6 is 0 Å². The molecule has 1 aliphatic heterocycles. The third kappa shape index (κ3) is 3.21. The number of likely N-dealkylation sites (tertiary alicyclic amines) is 1. The Morgan fingerprint density at radius 1 is 1.22 bits per heavy atom. The number of hydrogen-bond donors (Lipinski definition) is 1. The summed E-state index contributed by atoms with van der Waals surface area (Å²) in [5, 5.41) is 9.79. The predicted molar refractivity (Wildman–Crippen MR) is 104 cm³/mol. The smallest absolute Gasteiger partial charge is 0.255 e. The summed E-state index contributed by atoms with van der Waals surface area (Å²) in [6.45, 7) is 3.55. The van der Waals surface area contributed by atoms with Crippen molar-refractivity contribution in [1.29, 1.82) is 0 Å². The van der Waals surface area contributed by atoms with Crippen molar-refractivity contribution in [1.82, 2.24) is 19.4 Å². The molecule has 0 aliphatic carbocycles. The number of amides is 1. The van der Waals surface area contributed by atoms with Crippen molar-refractivity contribution in [2.75, 3.05) is 19.7 Å². The molecule has 140 valence electrons. The third-order valence-corrected chi connectivity index (χ3v) is 5.54. The minimum absolute atomic E-state index is 0.0176. The Balaban J connectivity index is 1.53. The zero-order valence-electron chi connectivity index (χ0n) is 15.5. The van der Waals surface area contributed by atoms with E-state index in [1.807, 2.05) is 45.9 Å². The highest BCUT2D eigenvalue weighted by atomic mass is 16.3. The molecule has 1 amide bonds. The van der Waals surface area contributed by atoms with E-state index >= 15 is 0 Å². The first-order valence-corrected chi connectivity index (χ1v) is 9.44. The van der Waals surface area contributed by atoms with Gasteiger partial charge < -0.3 is 10.0 Å². The van der Waals surface area contributed by atoms with Crippen molar-refractivity contribution in [2.24, 2.45) is 5.41 Å². The molecule has 2 aromatic heterocycles. The number of para-hydroxylation sites is 2. The molecule has 1 saturated heterocycles. The predicted octanol–water partition coefficient (Wildman–Crippen LogP) is 3.05. The van der Waals surface area contributed by atoms with Gasteiger partial charge in [-0.2, -0.15) is 0 Å². The van der Waals surface area contributed by atoms with Crippen LogP contribution in [0.25, 0.3) is 16.9 Å². The van der Waals surface area contributed by atoms with Crippen molar-refractivity contribution in [3.63, 3.8) is 0 Å². The Morgan fingerprint density at radius 2 is 2.07 bits per heavy atom. The Labute approximate surface area is 158 Å². The first kappa shape index (κ1) is 17.7. The Bertz CT molecular complexity index is 950. The molecular formula is C21H24N4O2. The topological polar surface area (TPSA) is 71.2 Å². The molecule has 0 spiro atoms. The monoisotopic (exact) mass is 364 g/mol. The van der Waals surface area contributed by atoms with Gasteiger partial charge in [-0.05, 0) is 37.1 Å². The van der Waals surface area contributed by atoms with Crippen LogP contribution in [0, 0.1) is 5.41 Å². The van der Waals surface area contributed by atoms with E-state index in [1.165, 1.54) is 0 Å². The number of pyridine rings is 1. The van der Waals surface area contributed by atoms with E-state index in [0.717, 1.165) is 36.1 Å². The zero-order valence-corrected chi connectivity index (χ0v) is 15.5. The fourth-order valence-electron chi connectivity index (χ4n) is 4.03. The van der Waals surface area contributed by atoms with Crippen LogP contribution in [-0.4, -0.2) is 50.1 Å². The number of nitrogens with zero attached hydrogens (tertiary/aromatic N) is 4. The minimum Gasteiger partial charge on any atom is -0.396 e. The Morgan fingerprint density at radius 3 is 2.81 bits per heavy atom. The van der Waals surface area contributed by atoms with Crippen LogP contribution in [0.2, 0.25) is 0 Å². The number of carbonyl (C=O) groups excluding carboxylic acids is 1. The molecule has 3 aromatic rings. The van der Waals surface area contributed by atoms with Crippen molar-refractivity contribution in [2.45, 2.75) is 26.2 Å². The summed E-state index contributed by atoms with van der Waals surface area (Å²) < 4.78 is 1.91. The second kappa shape index (κ2) is 7.12. The summed E-state index contributed by atoms with van der Waals surface area (Å²) in [4.78, 5) is 23.6. The van der Waals surface area contributed by atoms with Gasteiger partial charge in [-0.3, -0.25) is 9.36 Å². The molecule has 6 nitrogen and oxygen atoms in total. The standard InChI is InChI=1S/C21H24N4O2/c1-2-9-21(14-26)10-11-24(13-21)20(27)16-7-8-19(22-12-16)25-15-23-17-5-3-4-6-18(17)25/h3-8,12,15,26H,2,9-11,13-14H2,1H3. The van der Waals surface area contributed by atoms with Crippen LogP contribution in [0.1, 0.15) is 36.5 Å². The maximum Gasteiger partial charge on any atom is 0.255 e. The number of aromatic nitrogens is 3. The number of fused-ring (bicyclic) bond motifs is 1. The van der Waals surface area contributed by atoms with Gasteiger partial charge in [-0.1, -0.05) is 25.5 Å². The van der Waals surface area contributed by atoms with Gasteiger partial charge in [0.15, 0.2) is 0 Å². The SMILES string of the molecule is CCCC1(CO)CCN(C(=O)c2ccc(-n3cnc4ccccc43)nc2)C1. The lowest BCUT2D eigenvalue weighted by Gasteiger charge is -2.26. The molecule has 27 heavy (non-hydrogen) atoms. The van der Waals surface area contributed by atoms with Crippen molar-refractivity contribution in [3.05, 3.63) is 54.5 Å². The zero-order chi connectivity index (χ0) is 18.9. The normalized spacial score (nSPS) is 19.7. The molecule has 1 aliphatic rings. The number of aliphatic hydroxyl groups is 1. The summed E-state index contributed by atoms with van der Waals surface area (Å²) in [6.07, 6.45) is 6.19. The maximum atomic E-state index is 12.9. The van der Waals surface area contributed by atoms with Crippen LogP contribution in [0.15, 0.2) is 48.9 Å². The number of hydrogen-bond acceptors (Lipinski definition) is 4. The molecule has 6 heteroatoms. The molecule has 0 radical (unpaired) electrons. The molecule has 1 aromatic carbocycles. The lowest BCUT2D eigenvalue weighted by atomic mass is 9.83. The molecule has 1 N–H and O–H groups in total. The first-order chi connectivity index (χ1) is 13.2. The van der Waals surface area contributed by atoms with Gasteiger partial charge in [-0.25, -0.2) is 9.97 Å². The van der Waals surface area contributed by atoms with E-state index in [-0.39, 0.29) is 17.9 Å². The molecule has 4 rings (SSSR count). The lowest BCUT2D eigenvalue weighted by Crippen LogP contribution is -2.34. The number of benzene rings is 1. The van der Waals surface area contributed by atoms with Crippen molar-refractivity contribution < 1.29 is 9.90 Å². The molecule has 0 saturated carbocycles. The first-order valence-electron chi connectivity index (χ1n) is 9.44. The molecule has 1 fully saturated rings. The van der Waals surface area contributed by atoms with Gasteiger partial charge in [0.2, 0.25) is 0 Å². The molecular weight excluding hydrogens is 340 g/mol. The average molecular weight is 364 g/mol. The van der Waals surface area contributed by atoms with Gasteiger partial charge in [0.25, 0.3) is 5.91 Å². The van der Waals surface area contributed by atoms with Crippen molar-refractivity contribution in [3.8, 4) is 5.82 Å². The molecule has 1 atom stereocenters. The van der Waals surface area contributed by atoms with E-state index < -0.39 is 0 Å². The quantitative estimate of drug-likeness (QED) is 0.755. The summed E-state index contributed by atoms with van der Waals surface area (Å²) in [7, 11) is 0. The van der Waals surface area contributed by atoms with E-state index in [9.17, 15) is 9.90 Å². The molecule has 1 unspecified atom stereocenters. The summed E-state index contributed by atoms with van der Waals surface area (Å²) in [5.74, 6) is 0.716. The lowest BCUT2D eigenvalue weighted by molar-refractivity contribution is 0.0729. The second-order valence-electron chi connectivity index (χ2n) is 7.39. The van der Waals surface area contributed by atoms with Crippen molar-refractivity contribution >= 4 is 16.9 Å². The van der Waals surface area contributed by atoms with Gasteiger partial charge >= 0.3 is 0 Å². The Kier molecular flexibility index (Phi) is 4.66. The van der Waals surface area contributed by atoms with E-state index in [0.29, 0.717) is 18.7 Å². The number of carbonyl (C=O) groups is 1. The molecule has 3 heterocycles. The number of aliphatic hydroxyl groups excluding tert-OH is 1. The highest BCUT2D eigenvalue weighted by Crippen LogP contribution is 2.35. The largest absolute Gasteiger partial charge is 0.396 e. The number of rotatable bonds is 5. The highest BCUT2D eigenvalue weighted by Gasteiger charge is 2.38. The summed E-state index contributed by atoms with van der Waals surface area (Å²) >= 11 is 0. The van der Waals surface area contributed by atoms with E-state index in [4.69, 9.17) is 0 Å². The second-order valence-corrected chi connectivity index (χ2v) is 7.39. The highest BCUT2D eigenvalue weighted by molar-refractivity contribution is 5.94. The van der Waals surface area contributed by atoms with Gasteiger partial charge in [0, 0.05) is 24.7 Å². The van der Waals surface area contributed by atoms with Gasteiger partial charge in [0.05, 0.1) is 23.2 Å². The van der Waals surface area contributed by atoms with Gasteiger partial charge in [-0.15, -0.1) is 0 Å². The van der Waals surface area contributed by atoms with Crippen LogP contribution in [0.3, 0.4) is 0 Å². The van der Waals surface area contributed by atoms with E-state index in [2.05, 4.69) is 16.9 Å². The summed E-state index contributed by atoms with van der Waals surface area (Å²) in [6, 6.07) is 11.5. The fourth-order valence-corrected chi connectivity index (χ4v) is 4.03. The summed E-state index contributed by atoms with van der Waals surface area (Å²) in [5.41, 5.74) is 2.32. The Hall–Kier alpha value is -2.73. The van der Waals surface area contributed by atoms with Crippen LogP contribution < -0.4 is 0 Å². The average Bonchev–Trinajstić information content (AvgIpc) is 3.33. The van der Waals surface area contributed by atoms with E-state index in [1.54, 1.807) is 12.5 Å². The maximum absolute atomic E-state index is 12.9. The van der Waals surface area contributed by atoms with Crippen LogP contribution in [0.5, 0.6) is 0 Å². The molecule has 0 bridgehead atoms. The number of imidazole rings is 1. The van der Waals surface area contributed by atoms with Crippen LogP contribution in [0.4, 0.5) is 0 Å². The minimum atomic E-state index is -0.145. The third-order valence-electron chi connectivity index (χ3n) is 5.54. The van der Waals surface area contributed by atoms with Crippen LogP contribution in [-0.2, 0) is 0 Å². The fraction of sp³-hybridized carbons (Fsp3) is 0.381.